The smallest absolute Gasteiger partial charge is 0.226 e. The van der Waals surface area contributed by atoms with E-state index < -0.39 is 0 Å². The van der Waals surface area contributed by atoms with Crippen molar-refractivity contribution in [2.45, 2.75) is 25.8 Å². The monoisotopic (exact) mass is 361 g/mol. The summed E-state index contributed by atoms with van der Waals surface area (Å²) in [7, 11) is 0. The van der Waals surface area contributed by atoms with Crippen molar-refractivity contribution in [1.29, 1.82) is 0 Å². The maximum Gasteiger partial charge on any atom is 0.226 e. The molecular weight excluding hydrogens is 337 g/mol. The molecule has 0 aliphatic carbocycles. The Morgan fingerprint density at radius 3 is 2.57 bits per heavy atom. The van der Waals surface area contributed by atoms with Gasteiger partial charge in [0.1, 0.15) is 5.82 Å². The van der Waals surface area contributed by atoms with Gasteiger partial charge in [-0.05, 0) is 19.8 Å². The number of amides is 1. The number of carbonyl (C=O) groups is 1. The van der Waals surface area contributed by atoms with Gasteiger partial charge in [-0.1, -0.05) is 0 Å². The minimum Gasteiger partial charge on any atom is -0.355 e. The van der Waals surface area contributed by atoms with E-state index in [1.807, 2.05) is 0 Å². The minimum absolute atomic E-state index is 0. The van der Waals surface area contributed by atoms with Gasteiger partial charge in [0.15, 0.2) is 0 Å². The van der Waals surface area contributed by atoms with Crippen LogP contribution in [0, 0.1) is 5.92 Å². The van der Waals surface area contributed by atoms with Crippen molar-refractivity contribution in [2.75, 3.05) is 37.6 Å². The van der Waals surface area contributed by atoms with Crippen molar-refractivity contribution in [1.82, 2.24) is 20.2 Å². The lowest BCUT2D eigenvalue weighted by Crippen LogP contribution is -2.54. The highest BCUT2D eigenvalue weighted by Crippen LogP contribution is 2.23. The average molecular weight is 362 g/mol. The molecule has 8 heteroatoms. The van der Waals surface area contributed by atoms with E-state index in [4.69, 9.17) is 0 Å². The molecule has 6 nitrogen and oxygen atoms in total. The summed E-state index contributed by atoms with van der Waals surface area (Å²) >= 11 is 0. The Morgan fingerprint density at radius 2 is 1.96 bits per heavy atom. The highest BCUT2D eigenvalue weighted by atomic mass is 35.5. The summed E-state index contributed by atoms with van der Waals surface area (Å²) in [6.45, 7) is 6.55. The lowest BCUT2D eigenvalue weighted by Gasteiger charge is -2.39. The second-order valence-electron chi connectivity index (χ2n) is 5.91. The zero-order valence-corrected chi connectivity index (χ0v) is 15.0. The number of carbonyl (C=O) groups excluding carboxylic acids is 1. The molecule has 0 aromatic carbocycles. The number of halogens is 2. The Labute approximate surface area is 149 Å². The van der Waals surface area contributed by atoms with Gasteiger partial charge in [-0.3, -0.25) is 9.78 Å². The molecule has 1 aromatic rings. The summed E-state index contributed by atoms with van der Waals surface area (Å²) in [5.74, 6) is 1.42. The number of nitrogens with one attached hydrogen (secondary N) is 1. The van der Waals surface area contributed by atoms with Gasteiger partial charge in [-0.25, -0.2) is 4.98 Å². The topological polar surface area (TPSA) is 61.4 Å². The molecule has 0 bridgehead atoms. The fraction of sp³-hybridized carbons (Fsp3) is 0.667. The Kier molecular flexibility index (Phi) is 8.02. The largest absolute Gasteiger partial charge is 0.355 e. The summed E-state index contributed by atoms with van der Waals surface area (Å²) in [6, 6.07) is 0.310. The molecule has 23 heavy (non-hydrogen) atoms. The van der Waals surface area contributed by atoms with Gasteiger partial charge in [0.25, 0.3) is 0 Å². The second-order valence-corrected chi connectivity index (χ2v) is 5.91. The number of piperidine rings is 1. The molecule has 0 spiro atoms. The molecule has 1 aromatic heterocycles. The van der Waals surface area contributed by atoms with Crippen molar-refractivity contribution < 1.29 is 4.79 Å². The molecule has 1 amide bonds. The van der Waals surface area contributed by atoms with Crippen LogP contribution in [0.15, 0.2) is 18.6 Å². The standard InChI is InChI=1S/C15H23N5O.2ClH/c1-12-10-17-6-9-20(12)15(21)13-2-7-19(8-3-13)14-11-16-4-5-18-14;;/h4-5,11-13,17H,2-3,6-10H2,1H3;2*1H. The van der Waals surface area contributed by atoms with E-state index in [-0.39, 0.29) is 30.7 Å². The summed E-state index contributed by atoms with van der Waals surface area (Å²) in [5.41, 5.74) is 0. The van der Waals surface area contributed by atoms with Gasteiger partial charge >= 0.3 is 0 Å². The molecule has 3 rings (SSSR count). The molecular formula is C15H25Cl2N5O. The first kappa shape index (κ1) is 19.9. The first-order valence-corrected chi connectivity index (χ1v) is 7.78. The van der Waals surface area contributed by atoms with Gasteiger partial charge in [0.05, 0.1) is 6.20 Å². The van der Waals surface area contributed by atoms with Crippen molar-refractivity contribution in [2.24, 2.45) is 5.92 Å². The highest BCUT2D eigenvalue weighted by Gasteiger charge is 2.32. The van der Waals surface area contributed by atoms with Crippen LogP contribution in [0.1, 0.15) is 19.8 Å². The molecule has 0 saturated carbocycles. The van der Waals surface area contributed by atoms with Crippen LogP contribution >= 0.6 is 24.8 Å². The summed E-state index contributed by atoms with van der Waals surface area (Å²) in [5, 5.41) is 3.33. The SMILES string of the molecule is CC1CNCCN1C(=O)C1CCN(c2cnccn2)CC1.Cl.Cl. The summed E-state index contributed by atoms with van der Waals surface area (Å²) in [6.07, 6.45) is 7.01. The van der Waals surface area contributed by atoms with E-state index in [0.717, 1.165) is 51.4 Å². The normalized spacial score (nSPS) is 22.0. The predicted molar refractivity (Wildman–Crippen MR) is 95.5 cm³/mol. The van der Waals surface area contributed by atoms with Crippen LogP contribution in [0.2, 0.25) is 0 Å². The fourth-order valence-corrected chi connectivity index (χ4v) is 3.21. The third-order valence-corrected chi connectivity index (χ3v) is 4.50. The Hall–Kier alpha value is -1.11. The van der Waals surface area contributed by atoms with Crippen LogP contribution in [-0.4, -0.2) is 59.5 Å². The molecule has 1 atom stereocenters. The van der Waals surface area contributed by atoms with Gasteiger partial charge < -0.3 is 15.1 Å². The highest BCUT2D eigenvalue weighted by molar-refractivity contribution is 5.85. The van der Waals surface area contributed by atoms with Crippen molar-refractivity contribution in [3.63, 3.8) is 0 Å². The van der Waals surface area contributed by atoms with Crippen LogP contribution in [-0.2, 0) is 4.79 Å². The molecule has 2 aliphatic rings. The third-order valence-electron chi connectivity index (χ3n) is 4.50. The molecule has 1 N–H and O–H groups in total. The number of hydrogen-bond donors (Lipinski definition) is 1. The lowest BCUT2D eigenvalue weighted by molar-refractivity contribution is -0.139. The average Bonchev–Trinajstić information content (AvgIpc) is 2.56. The van der Waals surface area contributed by atoms with E-state index in [2.05, 4.69) is 32.0 Å². The van der Waals surface area contributed by atoms with Crippen LogP contribution in [0.4, 0.5) is 5.82 Å². The molecule has 3 heterocycles. The molecule has 0 radical (unpaired) electrons. The van der Waals surface area contributed by atoms with E-state index in [9.17, 15) is 4.79 Å². The fourth-order valence-electron chi connectivity index (χ4n) is 3.21. The molecule has 2 aliphatic heterocycles. The number of hydrogen-bond acceptors (Lipinski definition) is 5. The van der Waals surface area contributed by atoms with E-state index in [1.54, 1.807) is 18.6 Å². The van der Waals surface area contributed by atoms with Gasteiger partial charge in [0, 0.05) is 57.1 Å². The number of piperazine rings is 1. The zero-order valence-electron chi connectivity index (χ0n) is 13.4. The number of nitrogens with zero attached hydrogens (tertiary/aromatic N) is 4. The predicted octanol–water partition coefficient (Wildman–Crippen LogP) is 1.36. The van der Waals surface area contributed by atoms with Crippen LogP contribution in [0.5, 0.6) is 0 Å². The lowest BCUT2D eigenvalue weighted by atomic mass is 9.94. The van der Waals surface area contributed by atoms with E-state index >= 15 is 0 Å². The second kappa shape index (κ2) is 9.25. The third kappa shape index (κ3) is 4.68. The summed E-state index contributed by atoms with van der Waals surface area (Å²) < 4.78 is 0. The van der Waals surface area contributed by atoms with Crippen molar-refractivity contribution in [3.8, 4) is 0 Å². The van der Waals surface area contributed by atoms with E-state index in [1.165, 1.54) is 0 Å². The van der Waals surface area contributed by atoms with Crippen LogP contribution in [0.3, 0.4) is 0 Å². The van der Waals surface area contributed by atoms with Gasteiger partial charge in [-0.15, -0.1) is 24.8 Å². The number of rotatable bonds is 2. The van der Waals surface area contributed by atoms with Crippen LogP contribution < -0.4 is 10.2 Å². The molecule has 1 unspecified atom stereocenters. The first-order valence-electron chi connectivity index (χ1n) is 7.78. The summed E-state index contributed by atoms with van der Waals surface area (Å²) in [4.78, 5) is 25.4. The minimum atomic E-state index is 0. The zero-order chi connectivity index (χ0) is 14.7. The van der Waals surface area contributed by atoms with Gasteiger partial charge in [-0.2, -0.15) is 0 Å². The molecule has 2 saturated heterocycles. The van der Waals surface area contributed by atoms with E-state index in [0.29, 0.717) is 11.9 Å². The Bertz CT molecular complexity index is 482. The molecule has 2 fully saturated rings. The van der Waals surface area contributed by atoms with Crippen LogP contribution in [0.25, 0.3) is 0 Å². The van der Waals surface area contributed by atoms with Gasteiger partial charge in [0.2, 0.25) is 5.91 Å². The van der Waals surface area contributed by atoms with Crippen molar-refractivity contribution >= 4 is 36.5 Å². The number of anilines is 1. The first-order chi connectivity index (χ1) is 10.3. The Balaban J connectivity index is 0.00000132. The number of aromatic nitrogens is 2. The molecule has 130 valence electrons. The maximum absolute atomic E-state index is 12.7. The maximum atomic E-state index is 12.7. The van der Waals surface area contributed by atoms with Crippen molar-refractivity contribution in [3.05, 3.63) is 18.6 Å². The Morgan fingerprint density at radius 1 is 1.22 bits per heavy atom. The quantitative estimate of drug-likeness (QED) is 0.861.